The molecule has 0 bridgehead atoms. The molecule has 110 valence electrons. The number of hydrogen-bond donors (Lipinski definition) is 3. The van der Waals surface area contributed by atoms with Crippen LogP contribution in [0.3, 0.4) is 0 Å². The maximum absolute atomic E-state index is 11.8. The largest absolute Gasteiger partial charge is 0.506 e. The topological polar surface area (TPSA) is 84.6 Å². The number of nitrogens with one attached hydrogen (secondary N) is 1. The monoisotopic (exact) mass is 286 g/mol. The normalized spacial score (nSPS) is 10.2. The average Bonchev–Trinajstić information content (AvgIpc) is 2.43. The number of ether oxygens (including phenoxy) is 1. The summed E-state index contributed by atoms with van der Waals surface area (Å²) in [6.45, 7) is 3.86. The number of nitrogen functional groups attached to an aromatic ring is 1. The van der Waals surface area contributed by atoms with Crippen molar-refractivity contribution in [3.63, 3.8) is 0 Å². The third-order valence-corrected chi connectivity index (χ3v) is 3.14. The highest BCUT2D eigenvalue weighted by atomic mass is 16.5. The Labute approximate surface area is 123 Å². The van der Waals surface area contributed by atoms with Crippen molar-refractivity contribution >= 4 is 17.3 Å². The Morgan fingerprint density at radius 3 is 2.62 bits per heavy atom. The number of anilines is 2. The van der Waals surface area contributed by atoms with Gasteiger partial charge in [-0.2, -0.15) is 0 Å². The lowest BCUT2D eigenvalue weighted by molar-refractivity contribution is -0.118. The molecule has 2 aromatic carbocycles. The standard InChI is InChI=1S/C16H18N2O3/c1-10-3-5-13(7-11(10)2)21-9-16(20)18-14-6-4-12(17)8-15(14)19/h3-8,19H,9,17H2,1-2H3,(H,18,20). The van der Waals surface area contributed by atoms with E-state index in [4.69, 9.17) is 10.5 Å². The highest BCUT2D eigenvalue weighted by molar-refractivity contribution is 5.93. The molecule has 2 aromatic rings. The predicted octanol–water partition coefficient (Wildman–Crippen LogP) is 2.61. The molecule has 0 heterocycles. The van der Waals surface area contributed by atoms with Crippen LogP contribution in [0.2, 0.25) is 0 Å². The second-order valence-electron chi connectivity index (χ2n) is 4.86. The number of benzene rings is 2. The molecule has 1 amide bonds. The van der Waals surface area contributed by atoms with Gasteiger partial charge in [-0.25, -0.2) is 0 Å². The number of carbonyl (C=O) groups excluding carboxylic acids is 1. The van der Waals surface area contributed by atoms with Crippen LogP contribution in [0.1, 0.15) is 11.1 Å². The van der Waals surface area contributed by atoms with E-state index in [9.17, 15) is 9.90 Å². The first kappa shape index (κ1) is 14.7. The fraction of sp³-hybridized carbons (Fsp3) is 0.188. The van der Waals surface area contributed by atoms with Crippen molar-refractivity contribution in [2.24, 2.45) is 0 Å². The maximum atomic E-state index is 11.8. The molecule has 0 aliphatic carbocycles. The molecule has 0 spiro atoms. The van der Waals surface area contributed by atoms with Gasteiger partial charge in [-0.3, -0.25) is 4.79 Å². The van der Waals surface area contributed by atoms with Gasteiger partial charge in [-0.05, 0) is 49.2 Å². The minimum atomic E-state index is -0.353. The van der Waals surface area contributed by atoms with Crippen LogP contribution in [0.5, 0.6) is 11.5 Å². The number of carbonyl (C=O) groups is 1. The van der Waals surface area contributed by atoms with Crippen LogP contribution in [-0.2, 0) is 4.79 Å². The Hall–Kier alpha value is -2.69. The minimum Gasteiger partial charge on any atom is -0.506 e. The molecule has 0 unspecified atom stereocenters. The quantitative estimate of drug-likeness (QED) is 0.596. The summed E-state index contributed by atoms with van der Waals surface area (Å²) in [5.74, 6) is 0.206. The zero-order valence-electron chi connectivity index (χ0n) is 12.0. The smallest absolute Gasteiger partial charge is 0.262 e. The van der Waals surface area contributed by atoms with Crippen molar-refractivity contribution < 1.29 is 14.6 Å². The van der Waals surface area contributed by atoms with Crippen LogP contribution in [0, 0.1) is 13.8 Å². The van der Waals surface area contributed by atoms with Crippen molar-refractivity contribution in [3.05, 3.63) is 47.5 Å². The Morgan fingerprint density at radius 2 is 1.95 bits per heavy atom. The number of nitrogens with two attached hydrogens (primary N) is 1. The lowest BCUT2D eigenvalue weighted by Crippen LogP contribution is -2.20. The lowest BCUT2D eigenvalue weighted by Gasteiger charge is -2.10. The van der Waals surface area contributed by atoms with E-state index < -0.39 is 0 Å². The summed E-state index contributed by atoms with van der Waals surface area (Å²) in [7, 11) is 0. The second-order valence-corrected chi connectivity index (χ2v) is 4.86. The van der Waals surface area contributed by atoms with Gasteiger partial charge in [0.1, 0.15) is 11.5 Å². The number of amides is 1. The molecule has 0 radical (unpaired) electrons. The van der Waals surface area contributed by atoms with Crippen LogP contribution in [0.25, 0.3) is 0 Å². The van der Waals surface area contributed by atoms with E-state index in [1.807, 2.05) is 32.0 Å². The number of phenolic OH excluding ortho intramolecular Hbond substituents is 1. The third-order valence-electron chi connectivity index (χ3n) is 3.14. The first-order chi connectivity index (χ1) is 9.95. The van der Waals surface area contributed by atoms with Gasteiger partial charge in [0.05, 0.1) is 5.69 Å². The zero-order valence-corrected chi connectivity index (χ0v) is 12.0. The molecule has 0 atom stereocenters. The maximum Gasteiger partial charge on any atom is 0.262 e. The molecule has 4 N–H and O–H groups in total. The van der Waals surface area contributed by atoms with E-state index in [0.29, 0.717) is 17.1 Å². The molecular weight excluding hydrogens is 268 g/mol. The summed E-state index contributed by atoms with van der Waals surface area (Å²) in [5.41, 5.74) is 8.52. The molecular formula is C16H18N2O3. The molecule has 2 rings (SSSR count). The third kappa shape index (κ3) is 3.89. The highest BCUT2D eigenvalue weighted by Gasteiger charge is 2.08. The van der Waals surface area contributed by atoms with Crippen LogP contribution in [0.15, 0.2) is 36.4 Å². The number of phenols is 1. The van der Waals surface area contributed by atoms with Gasteiger partial charge < -0.3 is 20.9 Å². The van der Waals surface area contributed by atoms with E-state index in [1.165, 1.54) is 11.6 Å². The molecule has 0 aliphatic heterocycles. The SMILES string of the molecule is Cc1ccc(OCC(=O)Nc2ccc(N)cc2O)cc1C. The summed E-state index contributed by atoms with van der Waals surface area (Å²) in [4.78, 5) is 11.8. The Balaban J connectivity index is 1.94. The van der Waals surface area contributed by atoms with Crippen molar-refractivity contribution in [2.75, 3.05) is 17.7 Å². The van der Waals surface area contributed by atoms with Crippen LogP contribution >= 0.6 is 0 Å². The molecule has 0 fully saturated rings. The lowest BCUT2D eigenvalue weighted by atomic mass is 10.1. The van der Waals surface area contributed by atoms with E-state index in [2.05, 4.69) is 5.32 Å². The molecule has 0 saturated carbocycles. The summed E-state index contributed by atoms with van der Waals surface area (Å²) in [6.07, 6.45) is 0. The molecule has 21 heavy (non-hydrogen) atoms. The van der Waals surface area contributed by atoms with Gasteiger partial charge in [-0.15, -0.1) is 0 Å². The number of aromatic hydroxyl groups is 1. The van der Waals surface area contributed by atoms with E-state index in [0.717, 1.165) is 5.56 Å². The highest BCUT2D eigenvalue weighted by Crippen LogP contribution is 2.25. The van der Waals surface area contributed by atoms with Crippen molar-refractivity contribution in [3.8, 4) is 11.5 Å². The minimum absolute atomic E-state index is 0.0745. The fourth-order valence-electron chi connectivity index (χ4n) is 1.79. The fourth-order valence-corrected chi connectivity index (χ4v) is 1.79. The summed E-state index contributed by atoms with van der Waals surface area (Å²) in [5, 5.41) is 12.2. The number of rotatable bonds is 4. The average molecular weight is 286 g/mol. The second kappa shape index (κ2) is 6.17. The van der Waals surface area contributed by atoms with E-state index >= 15 is 0 Å². The van der Waals surface area contributed by atoms with Gasteiger partial charge in [-0.1, -0.05) is 6.07 Å². The summed E-state index contributed by atoms with van der Waals surface area (Å²) < 4.78 is 5.42. The van der Waals surface area contributed by atoms with Gasteiger partial charge >= 0.3 is 0 Å². The van der Waals surface area contributed by atoms with Gasteiger partial charge in [0.15, 0.2) is 6.61 Å². The first-order valence-corrected chi connectivity index (χ1v) is 6.54. The Bertz CT molecular complexity index is 669. The van der Waals surface area contributed by atoms with Crippen molar-refractivity contribution in [1.82, 2.24) is 0 Å². The molecule has 0 aromatic heterocycles. The van der Waals surface area contributed by atoms with E-state index in [-0.39, 0.29) is 18.3 Å². The molecule has 5 heteroatoms. The van der Waals surface area contributed by atoms with Crippen molar-refractivity contribution in [1.29, 1.82) is 0 Å². The van der Waals surface area contributed by atoms with E-state index in [1.54, 1.807) is 12.1 Å². The molecule has 0 saturated heterocycles. The number of aryl methyl sites for hydroxylation is 2. The van der Waals surface area contributed by atoms with Crippen molar-refractivity contribution in [2.45, 2.75) is 13.8 Å². The summed E-state index contributed by atoms with van der Waals surface area (Å²) in [6, 6.07) is 10.1. The van der Waals surface area contributed by atoms with Crippen LogP contribution < -0.4 is 15.8 Å². The summed E-state index contributed by atoms with van der Waals surface area (Å²) >= 11 is 0. The van der Waals surface area contributed by atoms with Gasteiger partial charge in [0.2, 0.25) is 0 Å². The first-order valence-electron chi connectivity index (χ1n) is 6.54. The van der Waals surface area contributed by atoms with Gasteiger partial charge in [0.25, 0.3) is 5.91 Å². The number of hydrogen-bond acceptors (Lipinski definition) is 4. The van der Waals surface area contributed by atoms with Crippen LogP contribution in [0.4, 0.5) is 11.4 Å². The van der Waals surface area contributed by atoms with Crippen LogP contribution in [-0.4, -0.2) is 17.6 Å². The Kier molecular flexibility index (Phi) is 4.33. The Morgan fingerprint density at radius 1 is 1.19 bits per heavy atom. The predicted molar refractivity (Wildman–Crippen MR) is 82.6 cm³/mol. The molecule has 5 nitrogen and oxygen atoms in total. The molecule has 0 aliphatic rings. The zero-order chi connectivity index (χ0) is 15.4. The van der Waals surface area contributed by atoms with Gasteiger partial charge in [0, 0.05) is 11.8 Å².